The van der Waals surface area contributed by atoms with E-state index in [1.54, 1.807) is 0 Å². The molecule has 2 aromatic carbocycles. The third-order valence-corrected chi connectivity index (χ3v) is 2.41. The Balaban J connectivity index is 2.33. The number of quaternary nitrogens is 1. The van der Waals surface area contributed by atoms with Crippen LogP contribution in [-0.2, 0) is 6.54 Å². The average molecular weight is 197 g/mol. The van der Waals surface area contributed by atoms with Crippen molar-refractivity contribution in [3.8, 4) is 11.1 Å². The maximum atomic E-state index is 3.76. The van der Waals surface area contributed by atoms with Gasteiger partial charge >= 0.3 is 0 Å². The number of hydrogen-bond acceptors (Lipinski definition) is 0. The molecule has 0 spiro atoms. The summed E-state index contributed by atoms with van der Waals surface area (Å²) in [4.78, 5) is 0. The van der Waals surface area contributed by atoms with E-state index in [9.17, 15) is 0 Å². The molecule has 0 saturated carbocycles. The van der Waals surface area contributed by atoms with Crippen molar-refractivity contribution < 1.29 is 5.32 Å². The second kappa shape index (κ2) is 4.76. The summed E-state index contributed by atoms with van der Waals surface area (Å²) in [7, 11) is 3.76. The Morgan fingerprint density at radius 2 is 1.60 bits per heavy atom. The van der Waals surface area contributed by atoms with Crippen molar-refractivity contribution in [3.05, 3.63) is 67.2 Å². The molecular weight excluding hydrogens is 182 g/mol. The van der Waals surface area contributed by atoms with Gasteiger partial charge in [0.2, 0.25) is 0 Å². The highest BCUT2D eigenvalue weighted by atomic mass is 14.8. The predicted molar refractivity (Wildman–Crippen MR) is 62.9 cm³/mol. The predicted octanol–water partition coefficient (Wildman–Crippen LogP) is 2.21. The van der Waals surface area contributed by atoms with E-state index in [1.807, 2.05) is 11.4 Å². The van der Waals surface area contributed by atoms with Gasteiger partial charge in [0.05, 0.1) is 6.54 Å². The van der Waals surface area contributed by atoms with Crippen molar-refractivity contribution in [3.63, 3.8) is 0 Å². The van der Waals surface area contributed by atoms with E-state index in [4.69, 9.17) is 0 Å². The van der Waals surface area contributed by atoms with Gasteiger partial charge in [-0.05, 0) is 17.2 Å². The minimum absolute atomic E-state index is 0.931. The summed E-state index contributed by atoms with van der Waals surface area (Å²) >= 11 is 0. The number of nitrogens with two attached hydrogens (primary N) is 1. The number of rotatable bonds is 3. The molecular formula is C14H15N. The lowest BCUT2D eigenvalue weighted by atomic mass is 10.0. The van der Waals surface area contributed by atoms with Crippen molar-refractivity contribution in [1.29, 1.82) is 0 Å². The Kier molecular flexibility index (Phi) is 3.15. The van der Waals surface area contributed by atoms with E-state index in [-0.39, 0.29) is 0 Å². The van der Waals surface area contributed by atoms with Crippen molar-refractivity contribution >= 4 is 0 Å². The molecule has 1 nitrogen and oxygen atoms in total. The van der Waals surface area contributed by atoms with E-state index in [0.29, 0.717) is 0 Å². The molecule has 0 heterocycles. The van der Waals surface area contributed by atoms with Gasteiger partial charge in [-0.15, -0.1) is 0 Å². The third kappa shape index (κ3) is 2.45. The van der Waals surface area contributed by atoms with E-state index in [2.05, 4.69) is 55.6 Å². The largest absolute Gasteiger partial charge is 0.475 e. The van der Waals surface area contributed by atoms with Crippen LogP contribution < -0.4 is 5.32 Å². The fourth-order valence-electron chi connectivity index (χ4n) is 1.68. The molecule has 0 saturated heterocycles. The first-order valence-corrected chi connectivity index (χ1v) is 5.15. The lowest BCUT2D eigenvalue weighted by Crippen LogP contribution is -2.74. The third-order valence-electron chi connectivity index (χ3n) is 2.41. The van der Waals surface area contributed by atoms with E-state index < -0.39 is 0 Å². The maximum Gasteiger partial charge on any atom is 0.0773 e. The van der Waals surface area contributed by atoms with Crippen LogP contribution in [0.5, 0.6) is 0 Å². The smallest absolute Gasteiger partial charge is 0.0773 e. The van der Waals surface area contributed by atoms with Crippen LogP contribution >= 0.6 is 0 Å². The normalized spacial score (nSPS) is 10.2. The van der Waals surface area contributed by atoms with Crippen molar-refractivity contribution in [2.45, 2.75) is 6.54 Å². The molecule has 2 rings (SSSR count). The van der Waals surface area contributed by atoms with Gasteiger partial charge < -0.3 is 5.32 Å². The van der Waals surface area contributed by atoms with Crippen LogP contribution in [0.1, 0.15) is 5.56 Å². The molecule has 0 aliphatic carbocycles. The summed E-state index contributed by atoms with van der Waals surface area (Å²) in [6.07, 6.45) is 0. The Hall–Kier alpha value is -1.60. The Bertz CT molecular complexity index is 420. The average Bonchev–Trinajstić information content (AvgIpc) is 2.31. The topological polar surface area (TPSA) is 16.6 Å². The zero-order valence-corrected chi connectivity index (χ0v) is 8.69. The standard InChI is InChI=1S/C14H15N/c1-15-11-12-6-5-9-14(10-12)13-7-3-2-4-8-13/h2-10H,1,11,15H2. The highest BCUT2D eigenvalue weighted by Gasteiger charge is 1.97. The molecule has 0 aliphatic heterocycles. The summed E-state index contributed by atoms with van der Waals surface area (Å²) in [6.45, 7) is 0.931. The summed E-state index contributed by atoms with van der Waals surface area (Å²) < 4.78 is 0. The molecule has 0 radical (unpaired) electrons. The van der Waals surface area contributed by atoms with Crippen LogP contribution in [0.15, 0.2) is 54.6 Å². The molecule has 0 aliphatic rings. The van der Waals surface area contributed by atoms with Gasteiger partial charge in [0.15, 0.2) is 0 Å². The second-order valence-corrected chi connectivity index (χ2v) is 3.56. The lowest BCUT2D eigenvalue weighted by molar-refractivity contribution is -0.612. The van der Waals surface area contributed by atoms with Crippen LogP contribution in [0.2, 0.25) is 0 Å². The van der Waals surface area contributed by atoms with Gasteiger partial charge in [-0.2, -0.15) is 7.05 Å². The quantitative estimate of drug-likeness (QED) is 0.726. The summed E-state index contributed by atoms with van der Waals surface area (Å²) in [5.41, 5.74) is 3.85. The van der Waals surface area contributed by atoms with Gasteiger partial charge in [-0.25, -0.2) is 0 Å². The molecule has 2 N–H and O–H groups in total. The minimum Gasteiger partial charge on any atom is -0.475 e. The lowest BCUT2D eigenvalue weighted by Gasteiger charge is -2.05. The fraction of sp³-hybridized carbons (Fsp3) is 0.0714. The number of benzene rings is 2. The SMILES string of the molecule is [CH2-][NH2+]Cc1cccc(-c2ccccc2)c1. The minimum atomic E-state index is 0.931. The van der Waals surface area contributed by atoms with Gasteiger partial charge in [0.25, 0.3) is 0 Å². The zero-order chi connectivity index (χ0) is 10.5. The summed E-state index contributed by atoms with van der Waals surface area (Å²) in [5.74, 6) is 0. The Morgan fingerprint density at radius 3 is 2.33 bits per heavy atom. The molecule has 0 fully saturated rings. The van der Waals surface area contributed by atoms with Crippen LogP contribution in [0.3, 0.4) is 0 Å². The van der Waals surface area contributed by atoms with Gasteiger partial charge in [0.1, 0.15) is 0 Å². The highest BCUT2D eigenvalue weighted by Crippen LogP contribution is 2.19. The molecule has 0 atom stereocenters. The molecule has 0 aromatic heterocycles. The van der Waals surface area contributed by atoms with Gasteiger partial charge in [0, 0.05) is 5.56 Å². The first-order valence-electron chi connectivity index (χ1n) is 5.15. The van der Waals surface area contributed by atoms with Gasteiger partial charge in [-0.3, -0.25) is 0 Å². The molecule has 2 aromatic rings. The molecule has 0 bridgehead atoms. The molecule has 76 valence electrons. The Labute approximate surface area is 90.8 Å². The highest BCUT2D eigenvalue weighted by molar-refractivity contribution is 5.63. The van der Waals surface area contributed by atoms with Crippen LogP contribution in [0, 0.1) is 7.05 Å². The van der Waals surface area contributed by atoms with Crippen LogP contribution in [0.4, 0.5) is 0 Å². The molecule has 1 heteroatoms. The summed E-state index contributed by atoms with van der Waals surface area (Å²) in [5, 5.41) is 1.93. The molecule has 0 amide bonds. The van der Waals surface area contributed by atoms with Crippen LogP contribution in [0.25, 0.3) is 11.1 Å². The second-order valence-electron chi connectivity index (χ2n) is 3.56. The van der Waals surface area contributed by atoms with E-state index >= 15 is 0 Å². The Morgan fingerprint density at radius 1 is 0.867 bits per heavy atom. The number of hydrogen-bond donors (Lipinski definition) is 1. The van der Waals surface area contributed by atoms with Crippen LogP contribution in [-0.4, -0.2) is 0 Å². The van der Waals surface area contributed by atoms with E-state index in [0.717, 1.165) is 6.54 Å². The molecule has 0 unspecified atom stereocenters. The zero-order valence-electron chi connectivity index (χ0n) is 8.69. The first kappa shape index (κ1) is 9.94. The van der Waals surface area contributed by atoms with Gasteiger partial charge in [-0.1, -0.05) is 48.5 Å². The fourth-order valence-corrected chi connectivity index (χ4v) is 1.68. The first-order chi connectivity index (χ1) is 7.40. The monoisotopic (exact) mass is 197 g/mol. The maximum absolute atomic E-state index is 3.76. The van der Waals surface area contributed by atoms with E-state index in [1.165, 1.54) is 16.7 Å². The molecule has 15 heavy (non-hydrogen) atoms. The van der Waals surface area contributed by atoms with Crippen molar-refractivity contribution in [2.24, 2.45) is 0 Å². The summed E-state index contributed by atoms with van der Waals surface area (Å²) in [6, 6.07) is 19.0. The van der Waals surface area contributed by atoms with Crippen molar-refractivity contribution in [1.82, 2.24) is 0 Å². The van der Waals surface area contributed by atoms with Crippen molar-refractivity contribution in [2.75, 3.05) is 0 Å².